The molecule has 140 valence electrons. The number of nitrogens with one attached hydrogen (secondary N) is 1. The highest BCUT2D eigenvalue weighted by molar-refractivity contribution is 5.89. The van der Waals surface area contributed by atoms with Crippen LogP contribution in [0.1, 0.15) is 65.7 Å². The van der Waals surface area contributed by atoms with Crippen molar-refractivity contribution in [3.05, 3.63) is 11.6 Å². The summed E-state index contributed by atoms with van der Waals surface area (Å²) in [6, 6.07) is -0.0751. The Morgan fingerprint density at radius 3 is 2.58 bits per heavy atom. The zero-order valence-electron chi connectivity index (χ0n) is 15.7. The van der Waals surface area contributed by atoms with E-state index in [-0.39, 0.29) is 24.2 Å². The van der Waals surface area contributed by atoms with Gasteiger partial charge in [0, 0.05) is 18.2 Å². The molecule has 1 aliphatic rings. The van der Waals surface area contributed by atoms with E-state index in [0.29, 0.717) is 25.2 Å². The smallest absolute Gasteiger partial charge is 0.333 e. The fourth-order valence-electron chi connectivity index (χ4n) is 2.96. The predicted molar refractivity (Wildman–Crippen MR) is 97.9 cm³/mol. The van der Waals surface area contributed by atoms with Gasteiger partial charge in [-0.05, 0) is 38.8 Å². The molecule has 1 rings (SSSR count). The number of unbranched alkanes of at least 4 members (excludes halogenated alkanes) is 4. The molecule has 3 N–H and O–H groups in total. The molecular weight excluding hydrogens is 304 g/mol. The summed E-state index contributed by atoms with van der Waals surface area (Å²) < 4.78 is 11.1. The van der Waals surface area contributed by atoms with Gasteiger partial charge in [-0.1, -0.05) is 39.5 Å². The van der Waals surface area contributed by atoms with E-state index in [1.807, 2.05) is 13.0 Å². The van der Waals surface area contributed by atoms with Gasteiger partial charge in [0.25, 0.3) is 0 Å². The first-order valence-electron chi connectivity index (χ1n) is 9.62. The van der Waals surface area contributed by atoms with Crippen molar-refractivity contribution in [1.29, 1.82) is 0 Å². The molecule has 3 atom stereocenters. The SMILES string of the molecule is CCCCCN[C@H]1CC(C(=O)OCC)=C[C@@H](OCCCCC)[C@@H]1N. The fraction of sp³-hybridized carbons (Fsp3) is 0.842. The Hall–Kier alpha value is -0.910. The van der Waals surface area contributed by atoms with Crippen LogP contribution >= 0.6 is 0 Å². The summed E-state index contributed by atoms with van der Waals surface area (Å²) in [6.45, 7) is 8.17. The van der Waals surface area contributed by atoms with Gasteiger partial charge in [-0.2, -0.15) is 0 Å². The molecule has 1 aliphatic carbocycles. The molecular formula is C19H36N2O3. The van der Waals surface area contributed by atoms with Gasteiger partial charge in [0.15, 0.2) is 0 Å². The summed E-state index contributed by atoms with van der Waals surface area (Å²) in [7, 11) is 0. The van der Waals surface area contributed by atoms with E-state index >= 15 is 0 Å². The van der Waals surface area contributed by atoms with E-state index in [2.05, 4.69) is 19.2 Å². The number of carbonyl (C=O) groups excluding carboxylic acids is 1. The Balaban J connectivity index is 2.66. The summed E-state index contributed by atoms with van der Waals surface area (Å²) in [4.78, 5) is 12.1. The Labute approximate surface area is 147 Å². The number of nitrogens with two attached hydrogens (primary N) is 1. The monoisotopic (exact) mass is 340 g/mol. The highest BCUT2D eigenvalue weighted by Crippen LogP contribution is 2.22. The molecule has 0 amide bonds. The van der Waals surface area contributed by atoms with E-state index < -0.39 is 0 Å². The lowest BCUT2D eigenvalue weighted by Crippen LogP contribution is -2.55. The minimum absolute atomic E-state index is 0.0578. The number of carbonyl (C=O) groups is 1. The van der Waals surface area contributed by atoms with Crippen LogP contribution in [0.2, 0.25) is 0 Å². The van der Waals surface area contributed by atoms with Crippen molar-refractivity contribution in [2.24, 2.45) is 5.73 Å². The first-order valence-corrected chi connectivity index (χ1v) is 9.62. The van der Waals surface area contributed by atoms with Crippen molar-refractivity contribution < 1.29 is 14.3 Å². The Morgan fingerprint density at radius 1 is 1.21 bits per heavy atom. The number of ether oxygens (including phenoxy) is 2. The summed E-state index contributed by atoms with van der Waals surface area (Å²) in [6.07, 6.45) is 9.11. The van der Waals surface area contributed by atoms with Crippen molar-refractivity contribution in [2.45, 2.75) is 83.9 Å². The van der Waals surface area contributed by atoms with E-state index in [9.17, 15) is 4.79 Å². The maximum atomic E-state index is 12.1. The second-order valence-corrected chi connectivity index (χ2v) is 6.50. The molecule has 0 spiro atoms. The van der Waals surface area contributed by atoms with Crippen LogP contribution in [0, 0.1) is 0 Å². The molecule has 0 aromatic heterocycles. The van der Waals surface area contributed by atoms with Gasteiger partial charge in [-0.15, -0.1) is 0 Å². The zero-order valence-corrected chi connectivity index (χ0v) is 15.7. The van der Waals surface area contributed by atoms with Crippen LogP contribution in [-0.2, 0) is 14.3 Å². The van der Waals surface area contributed by atoms with Crippen LogP contribution in [0.3, 0.4) is 0 Å². The molecule has 0 heterocycles. The number of rotatable bonds is 12. The Kier molecular flexibility index (Phi) is 11.0. The highest BCUT2D eigenvalue weighted by atomic mass is 16.5. The van der Waals surface area contributed by atoms with Gasteiger partial charge in [-0.25, -0.2) is 4.79 Å². The lowest BCUT2D eigenvalue weighted by atomic mass is 9.88. The summed E-state index contributed by atoms with van der Waals surface area (Å²) in [5.41, 5.74) is 7.09. The molecule has 5 nitrogen and oxygen atoms in total. The van der Waals surface area contributed by atoms with Gasteiger partial charge in [0.2, 0.25) is 0 Å². The van der Waals surface area contributed by atoms with Crippen molar-refractivity contribution in [3.63, 3.8) is 0 Å². The van der Waals surface area contributed by atoms with E-state index in [0.717, 1.165) is 32.2 Å². The van der Waals surface area contributed by atoms with Crippen molar-refractivity contribution in [1.82, 2.24) is 5.32 Å². The summed E-state index contributed by atoms with van der Waals surface area (Å²) in [5.74, 6) is -0.244. The second kappa shape index (κ2) is 12.5. The third-order valence-corrected chi connectivity index (χ3v) is 4.43. The van der Waals surface area contributed by atoms with Crippen LogP contribution in [-0.4, -0.2) is 43.9 Å². The minimum Gasteiger partial charge on any atom is -0.463 e. The number of esters is 1. The van der Waals surface area contributed by atoms with Crippen LogP contribution in [0.4, 0.5) is 0 Å². The maximum absolute atomic E-state index is 12.1. The maximum Gasteiger partial charge on any atom is 0.333 e. The lowest BCUT2D eigenvalue weighted by molar-refractivity contribution is -0.139. The van der Waals surface area contributed by atoms with E-state index in [1.54, 1.807) is 0 Å². The quantitative estimate of drug-likeness (QED) is 0.422. The lowest BCUT2D eigenvalue weighted by Gasteiger charge is -2.35. The van der Waals surface area contributed by atoms with Gasteiger partial charge in [-0.3, -0.25) is 0 Å². The van der Waals surface area contributed by atoms with Gasteiger partial charge in [0.1, 0.15) is 0 Å². The molecule has 0 unspecified atom stereocenters. The molecule has 5 heteroatoms. The molecule has 0 saturated carbocycles. The van der Waals surface area contributed by atoms with Gasteiger partial charge < -0.3 is 20.5 Å². The summed E-state index contributed by atoms with van der Waals surface area (Å²) in [5, 5.41) is 3.51. The minimum atomic E-state index is -0.244. The van der Waals surface area contributed by atoms with Crippen LogP contribution in [0.5, 0.6) is 0 Å². The Morgan fingerprint density at radius 2 is 1.92 bits per heavy atom. The molecule has 0 bridgehead atoms. The standard InChI is InChI=1S/C19H36N2O3/c1-4-7-9-11-21-16-13-15(19(22)23-6-3)14-17(18(16)20)24-12-10-8-5-2/h14,16-18,21H,4-13,20H2,1-3H3/t16-,17+,18+/m0/s1. The predicted octanol–water partition coefficient (Wildman–Crippen LogP) is 2.93. The van der Waals surface area contributed by atoms with E-state index in [4.69, 9.17) is 15.2 Å². The third-order valence-electron chi connectivity index (χ3n) is 4.43. The van der Waals surface area contributed by atoms with Crippen LogP contribution < -0.4 is 11.1 Å². The normalized spacial score (nSPS) is 23.8. The number of hydrogen-bond acceptors (Lipinski definition) is 5. The van der Waals surface area contributed by atoms with Crippen molar-refractivity contribution in [3.8, 4) is 0 Å². The average molecular weight is 341 g/mol. The topological polar surface area (TPSA) is 73.6 Å². The first kappa shape index (κ1) is 21.1. The van der Waals surface area contributed by atoms with Crippen molar-refractivity contribution >= 4 is 5.97 Å². The highest BCUT2D eigenvalue weighted by Gasteiger charge is 2.33. The third kappa shape index (κ3) is 7.32. The molecule has 0 radical (unpaired) electrons. The van der Waals surface area contributed by atoms with Gasteiger partial charge >= 0.3 is 5.97 Å². The molecule has 0 aliphatic heterocycles. The van der Waals surface area contributed by atoms with Crippen molar-refractivity contribution in [2.75, 3.05) is 19.8 Å². The molecule has 0 fully saturated rings. The van der Waals surface area contributed by atoms with Gasteiger partial charge in [0.05, 0.1) is 18.8 Å². The fourth-order valence-corrected chi connectivity index (χ4v) is 2.96. The number of hydrogen-bond donors (Lipinski definition) is 2. The van der Waals surface area contributed by atoms with E-state index in [1.165, 1.54) is 12.8 Å². The second-order valence-electron chi connectivity index (χ2n) is 6.50. The summed E-state index contributed by atoms with van der Waals surface area (Å²) >= 11 is 0. The average Bonchev–Trinajstić information content (AvgIpc) is 2.58. The van der Waals surface area contributed by atoms with Crippen LogP contribution in [0.15, 0.2) is 11.6 Å². The molecule has 0 saturated heterocycles. The zero-order chi connectivity index (χ0) is 17.8. The Bertz CT molecular complexity index is 385. The first-order chi connectivity index (χ1) is 11.6. The molecule has 0 aromatic rings. The van der Waals surface area contributed by atoms with Crippen LogP contribution in [0.25, 0.3) is 0 Å². The molecule has 0 aromatic carbocycles. The molecule has 24 heavy (non-hydrogen) atoms. The largest absolute Gasteiger partial charge is 0.463 e.